The molecule has 1 aromatic heterocycles. The number of hydrogen-bond acceptors (Lipinski definition) is 3. The molecule has 5 nitrogen and oxygen atoms in total. The lowest BCUT2D eigenvalue weighted by molar-refractivity contribution is -0.140. The molecule has 1 saturated heterocycles. The quantitative estimate of drug-likeness (QED) is 0.324. The molecule has 3 aromatic rings. The largest absolute Gasteiger partial charge is 0.342 e. The Morgan fingerprint density at radius 3 is 2.33 bits per heavy atom. The first kappa shape index (κ1) is 19.3. The van der Waals surface area contributed by atoms with Gasteiger partial charge in [-0.15, -0.1) is 0 Å². The minimum atomic E-state index is -0.227. The van der Waals surface area contributed by atoms with E-state index in [1.54, 1.807) is 6.21 Å². The van der Waals surface area contributed by atoms with Crippen LogP contribution in [0.3, 0.4) is 0 Å². The van der Waals surface area contributed by atoms with Crippen molar-refractivity contribution in [2.75, 3.05) is 0 Å². The van der Waals surface area contributed by atoms with Crippen LogP contribution in [-0.4, -0.2) is 27.6 Å². The number of amides is 2. The number of imide groups is 1. The van der Waals surface area contributed by atoms with Crippen LogP contribution in [0.15, 0.2) is 72.0 Å². The van der Waals surface area contributed by atoms with Gasteiger partial charge in [-0.25, -0.2) is 0 Å². The zero-order chi connectivity index (χ0) is 22.3. The van der Waals surface area contributed by atoms with E-state index in [2.05, 4.69) is 27.9 Å². The van der Waals surface area contributed by atoms with Crippen molar-refractivity contribution in [3.63, 3.8) is 0 Å². The molecule has 0 N–H and O–H groups in total. The molecular formula is C27H22ClN3O2. The normalized spacial score (nSPS) is 31.6. The molecule has 2 aromatic carbocycles. The summed E-state index contributed by atoms with van der Waals surface area (Å²) in [5, 5.41) is 7.34. The Balaban J connectivity index is 1.22. The number of hydrogen-bond donors (Lipinski definition) is 0. The van der Waals surface area contributed by atoms with Crippen molar-refractivity contribution in [3.05, 3.63) is 83.0 Å². The molecule has 33 heavy (non-hydrogen) atoms. The van der Waals surface area contributed by atoms with Crippen molar-refractivity contribution in [3.8, 4) is 0 Å². The maximum absolute atomic E-state index is 13.2. The van der Waals surface area contributed by atoms with Crippen LogP contribution in [-0.2, 0) is 16.1 Å². The number of para-hydroxylation sites is 1. The topological polar surface area (TPSA) is 54.7 Å². The van der Waals surface area contributed by atoms with Gasteiger partial charge in [0.25, 0.3) is 11.8 Å². The van der Waals surface area contributed by atoms with Crippen molar-refractivity contribution >= 4 is 40.5 Å². The molecule has 3 fully saturated rings. The summed E-state index contributed by atoms with van der Waals surface area (Å²) in [6.45, 7) is 0.623. The fraction of sp³-hybridized carbons (Fsp3) is 0.296. The predicted octanol–water partition coefficient (Wildman–Crippen LogP) is 4.73. The summed E-state index contributed by atoms with van der Waals surface area (Å²) in [6.07, 6.45) is 9.19. The van der Waals surface area contributed by atoms with E-state index in [1.165, 1.54) is 0 Å². The molecule has 2 saturated carbocycles. The highest BCUT2D eigenvalue weighted by Gasteiger charge is 2.67. The Hall–Kier alpha value is -3.18. The Morgan fingerprint density at radius 1 is 0.939 bits per heavy atom. The maximum atomic E-state index is 13.2. The van der Waals surface area contributed by atoms with Gasteiger partial charge in [0, 0.05) is 34.2 Å². The second-order valence-electron chi connectivity index (χ2n) is 9.71. The number of carbonyl (C=O) groups is 2. The molecule has 1 aliphatic heterocycles. The SMILES string of the molecule is O=C1[C@@H]2[C@@H]3C=C[C@H]([C@H]4C[C@H]34)[C@@H]2C(=O)N1/N=C\c1cn(Cc2ccccc2Cl)c2ccccc12. The Bertz CT molecular complexity index is 1350. The average Bonchev–Trinajstić information content (AvgIpc) is 3.54. The van der Waals surface area contributed by atoms with Gasteiger partial charge < -0.3 is 4.57 Å². The third-order valence-corrected chi connectivity index (χ3v) is 8.44. The molecule has 2 amide bonds. The average molecular weight is 456 g/mol. The number of hydrazone groups is 1. The highest BCUT2D eigenvalue weighted by molar-refractivity contribution is 6.31. The molecule has 5 aliphatic rings. The van der Waals surface area contributed by atoms with E-state index < -0.39 is 0 Å². The first-order chi connectivity index (χ1) is 16.1. The molecule has 6 heteroatoms. The summed E-state index contributed by atoms with van der Waals surface area (Å²) < 4.78 is 2.13. The van der Waals surface area contributed by atoms with E-state index in [0.717, 1.165) is 38.5 Å². The van der Waals surface area contributed by atoms with Crippen molar-refractivity contribution in [1.29, 1.82) is 0 Å². The van der Waals surface area contributed by atoms with E-state index >= 15 is 0 Å². The molecular weight excluding hydrogens is 434 g/mol. The van der Waals surface area contributed by atoms with Crippen LogP contribution in [0.2, 0.25) is 5.02 Å². The third kappa shape index (κ3) is 2.75. The van der Waals surface area contributed by atoms with E-state index in [0.29, 0.717) is 18.4 Å². The van der Waals surface area contributed by atoms with E-state index in [4.69, 9.17) is 11.6 Å². The Morgan fingerprint density at radius 2 is 1.61 bits per heavy atom. The first-order valence-corrected chi connectivity index (χ1v) is 11.9. The van der Waals surface area contributed by atoms with E-state index in [1.807, 2.05) is 48.7 Å². The van der Waals surface area contributed by atoms with Crippen LogP contribution < -0.4 is 0 Å². The van der Waals surface area contributed by atoms with Gasteiger partial charge in [0.15, 0.2) is 0 Å². The van der Waals surface area contributed by atoms with Gasteiger partial charge in [0.2, 0.25) is 0 Å². The van der Waals surface area contributed by atoms with E-state index in [9.17, 15) is 9.59 Å². The summed E-state index contributed by atoms with van der Waals surface area (Å²) in [6, 6.07) is 15.9. The number of rotatable bonds is 4. The number of halogens is 1. The summed E-state index contributed by atoms with van der Waals surface area (Å²) in [5.74, 6) is 0.870. The van der Waals surface area contributed by atoms with Crippen molar-refractivity contribution < 1.29 is 9.59 Å². The van der Waals surface area contributed by atoms with Gasteiger partial charge in [0.1, 0.15) is 0 Å². The van der Waals surface area contributed by atoms with Gasteiger partial charge in [-0.05, 0) is 47.8 Å². The number of aromatic nitrogens is 1. The predicted molar refractivity (Wildman–Crippen MR) is 127 cm³/mol. The summed E-state index contributed by atoms with van der Waals surface area (Å²) >= 11 is 6.39. The Labute approximate surface area is 196 Å². The summed E-state index contributed by atoms with van der Waals surface area (Å²) in [4.78, 5) is 26.4. The van der Waals surface area contributed by atoms with Crippen LogP contribution in [0.4, 0.5) is 0 Å². The molecule has 4 aliphatic carbocycles. The molecule has 2 bridgehead atoms. The molecule has 164 valence electrons. The molecule has 2 heterocycles. The molecule has 0 spiro atoms. The zero-order valence-corrected chi connectivity index (χ0v) is 18.6. The summed E-state index contributed by atoms with van der Waals surface area (Å²) in [7, 11) is 0. The number of nitrogens with zero attached hydrogens (tertiary/aromatic N) is 3. The maximum Gasteiger partial charge on any atom is 0.254 e. The second kappa shape index (κ2) is 6.91. The second-order valence-corrected chi connectivity index (χ2v) is 10.1. The van der Waals surface area contributed by atoms with Crippen LogP contribution in [0, 0.1) is 35.5 Å². The van der Waals surface area contributed by atoms with Crippen molar-refractivity contribution in [1.82, 2.24) is 9.58 Å². The lowest BCUT2D eigenvalue weighted by Gasteiger charge is -2.37. The van der Waals surface area contributed by atoms with E-state index in [-0.39, 0.29) is 35.5 Å². The number of benzene rings is 2. The van der Waals surface area contributed by atoms with Gasteiger partial charge in [0.05, 0.1) is 18.1 Å². The lowest BCUT2D eigenvalue weighted by Crippen LogP contribution is -2.40. The minimum Gasteiger partial charge on any atom is -0.342 e. The van der Waals surface area contributed by atoms with Gasteiger partial charge in [-0.3, -0.25) is 9.59 Å². The van der Waals surface area contributed by atoms with Gasteiger partial charge >= 0.3 is 0 Å². The van der Waals surface area contributed by atoms with Gasteiger partial charge in [-0.2, -0.15) is 10.1 Å². The fourth-order valence-corrected chi connectivity index (χ4v) is 6.69. The third-order valence-electron chi connectivity index (χ3n) is 8.07. The van der Waals surface area contributed by atoms with Crippen LogP contribution >= 0.6 is 11.6 Å². The van der Waals surface area contributed by atoms with Crippen LogP contribution in [0.25, 0.3) is 10.9 Å². The number of fused-ring (bicyclic) bond motifs is 1. The molecule has 0 unspecified atom stereocenters. The molecule has 0 radical (unpaired) electrons. The smallest absolute Gasteiger partial charge is 0.254 e. The minimum absolute atomic E-state index is 0.134. The monoisotopic (exact) mass is 455 g/mol. The first-order valence-electron chi connectivity index (χ1n) is 11.5. The molecule has 6 atom stereocenters. The highest BCUT2D eigenvalue weighted by Crippen LogP contribution is 2.65. The van der Waals surface area contributed by atoms with Gasteiger partial charge in [-0.1, -0.05) is 60.2 Å². The number of carbonyl (C=O) groups excluding carboxylic acids is 2. The summed E-state index contributed by atoms with van der Waals surface area (Å²) in [5.41, 5.74) is 2.95. The lowest BCUT2D eigenvalue weighted by atomic mass is 9.63. The zero-order valence-electron chi connectivity index (χ0n) is 17.8. The fourth-order valence-electron chi connectivity index (χ4n) is 6.49. The van der Waals surface area contributed by atoms with Crippen molar-refractivity contribution in [2.24, 2.45) is 40.6 Å². The van der Waals surface area contributed by atoms with Crippen LogP contribution in [0.5, 0.6) is 0 Å². The van der Waals surface area contributed by atoms with Crippen molar-refractivity contribution in [2.45, 2.75) is 13.0 Å². The molecule has 8 rings (SSSR count). The Kier molecular flexibility index (Phi) is 4.04. The highest BCUT2D eigenvalue weighted by atomic mass is 35.5. The standard InChI is InChI=1S/C27H22ClN3O2/c28-22-7-3-1-5-15(22)13-30-14-16(17-6-2-4-8-23(17)30)12-29-31-26(32)24-18-9-10-19(21-11-20(18)21)25(24)27(31)33/h1-10,12,14,18-21,24-25H,11,13H2/b29-12-/t18-,19-,20-,21-,24-,25+/m1/s1. The number of allylic oxidation sites excluding steroid dienone is 2. The van der Waals surface area contributed by atoms with Crippen LogP contribution in [0.1, 0.15) is 17.5 Å².